The second-order valence-electron chi connectivity index (χ2n) is 2.65. The highest BCUT2D eigenvalue weighted by atomic mass is 35.5. The molecule has 0 aromatic rings. The molecule has 1 unspecified atom stereocenters. The van der Waals surface area contributed by atoms with Crippen molar-refractivity contribution >= 4 is 17.5 Å². The van der Waals surface area contributed by atoms with Gasteiger partial charge in [-0.1, -0.05) is 0 Å². The second-order valence-corrected chi connectivity index (χ2v) is 3.03. The van der Waals surface area contributed by atoms with E-state index in [1.807, 2.05) is 5.32 Å². The Kier molecular flexibility index (Phi) is 5.87. The van der Waals surface area contributed by atoms with Crippen molar-refractivity contribution < 1.29 is 23.1 Å². The van der Waals surface area contributed by atoms with Gasteiger partial charge in [-0.2, -0.15) is 13.2 Å². The lowest BCUT2D eigenvalue weighted by Crippen LogP contribution is -2.40. The van der Waals surface area contributed by atoms with Gasteiger partial charge in [0, 0.05) is 12.3 Å². The summed E-state index contributed by atoms with van der Waals surface area (Å²) in [5.74, 6) is -0.274. The van der Waals surface area contributed by atoms with Gasteiger partial charge in [0.25, 0.3) is 0 Å². The van der Waals surface area contributed by atoms with Crippen molar-refractivity contribution in [2.45, 2.75) is 25.1 Å². The molecule has 0 aromatic heterocycles. The molecule has 0 aliphatic heterocycles. The number of carbonyl (C=O) groups excluding carboxylic acids is 1. The first-order valence-corrected chi connectivity index (χ1v) is 4.49. The maximum Gasteiger partial charge on any atom is 0.416 e. The molecule has 2 N–H and O–H groups in total. The molecule has 0 rings (SSSR count). The molecule has 0 aromatic carbocycles. The maximum atomic E-state index is 11.7. The largest absolute Gasteiger partial charge is 0.416 e. The summed E-state index contributed by atoms with van der Waals surface area (Å²) < 4.78 is 35.2. The highest BCUT2D eigenvalue weighted by molar-refractivity contribution is 6.17. The zero-order valence-corrected chi connectivity index (χ0v) is 8.03. The zero-order chi connectivity index (χ0) is 11.2. The van der Waals surface area contributed by atoms with Gasteiger partial charge in [0.05, 0.1) is 6.54 Å². The van der Waals surface area contributed by atoms with E-state index in [0.717, 1.165) is 0 Å². The molecule has 84 valence electrons. The summed E-state index contributed by atoms with van der Waals surface area (Å²) in [7, 11) is 0. The monoisotopic (exact) mass is 233 g/mol. The van der Waals surface area contributed by atoms with Crippen LogP contribution in [0.4, 0.5) is 13.2 Å². The molecule has 0 aliphatic carbocycles. The summed E-state index contributed by atoms with van der Waals surface area (Å²) in [4.78, 5) is 10.8. The summed E-state index contributed by atoms with van der Waals surface area (Å²) in [6, 6.07) is 0. The van der Waals surface area contributed by atoms with Crippen LogP contribution in [0.1, 0.15) is 12.8 Å². The number of alkyl halides is 4. The van der Waals surface area contributed by atoms with Gasteiger partial charge in [-0.05, 0) is 6.42 Å². The quantitative estimate of drug-likeness (QED) is 0.698. The van der Waals surface area contributed by atoms with Crippen molar-refractivity contribution in [2.24, 2.45) is 0 Å². The highest BCUT2D eigenvalue weighted by Crippen LogP contribution is 2.19. The first-order chi connectivity index (χ1) is 6.38. The molecule has 14 heavy (non-hydrogen) atoms. The van der Waals surface area contributed by atoms with Crippen molar-refractivity contribution in [1.82, 2.24) is 5.32 Å². The number of hydrogen-bond donors (Lipinski definition) is 2. The van der Waals surface area contributed by atoms with Crippen LogP contribution in [0.3, 0.4) is 0 Å². The van der Waals surface area contributed by atoms with E-state index in [9.17, 15) is 18.0 Å². The number of aliphatic hydroxyl groups excluding tert-OH is 1. The first kappa shape index (κ1) is 13.5. The number of rotatable bonds is 5. The summed E-state index contributed by atoms with van der Waals surface area (Å²) in [6.45, 7) is -0.815. The van der Waals surface area contributed by atoms with E-state index in [2.05, 4.69) is 0 Å². The molecular weight excluding hydrogens is 223 g/mol. The summed E-state index contributed by atoms with van der Waals surface area (Å²) in [6.07, 6.45) is -6.74. The Morgan fingerprint density at radius 2 is 2.07 bits per heavy atom. The standard InChI is InChI=1S/C7H11ClF3NO2/c8-3-1-2-6(14)12-4-5(13)7(9,10)11/h5,13H,1-4H2,(H,12,14). The number of aliphatic hydroxyl groups is 1. The van der Waals surface area contributed by atoms with Gasteiger partial charge in [0.15, 0.2) is 6.10 Å². The van der Waals surface area contributed by atoms with Crippen molar-refractivity contribution in [3.63, 3.8) is 0 Å². The van der Waals surface area contributed by atoms with E-state index < -0.39 is 24.7 Å². The van der Waals surface area contributed by atoms with Crippen LogP contribution in [0.15, 0.2) is 0 Å². The van der Waals surface area contributed by atoms with Crippen LogP contribution in [0.2, 0.25) is 0 Å². The summed E-state index contributed by atoms with van der Waals surface area (Å²) >= 11 is 5.27. The Labute approximate surface area is 84.2 Å². The van der Waals surface area contributed by atoms with E-state index in [-0.39, 0.29) is 12.3 Å². The molecular formula is C7H11ClF3NO2. The van der Waals surface area contributed by atoms with Gasteiger partial charge in [0.2, 0.25) is 5.91 Å². The van der Waals surface area contributed by atoms with Crippen LogP contribution in [0, 0.1) is 0 Å². The molecule has 7 heteroatoms. The summed E-state index contributed by atoms with van der Waals surface area (Å²) in [5.41, 5.74) is 0. The molecule has 0 saturated heterocycles. The third-order valence-electron chi connectivity index (χ3n) is 1.41. The van der Waals surface area contributed by atoms with Crippen molar-refractivity contribution in [3.05, 3.63) is 0 Å². The van der Waals surface area contributed by atoms with Gasteiger partial charge in [-0.25, -0.2) is 0 Å². The van der Waals surface area contributed by atoms with Gasteiger partial charge in [-0.15, -0.1) is 11.6 Å². The Balaban J connectivity index is 3.67. The zero-order valence-electron chi connectivity index (χ0n) is 7.27. The van der Waals surface area contributed by atoms with E-state index >= 15 is 0 Å². The number of halogens is 4. The minimum Gasteiger partial charge on any atom is -0.382 e. The molecule has 0 saturated carbocycles. The van der Waals surface area contributed by atoms with Crippen LogP contribution in [0.25, 0.3) is 0 Å². The molecule has 0 bridgehead atoms. The minimum absolute atomic E-state index is 0.0636. The van der Waals surface area contributed by atoms with E-state index in [1.54, 1.807) is 0 Å². The van der Waals surface area contributed by atoms with E-state index in [4.69, 9.17) is 16.7 Å². The van der Waals surface area contributed by atoms with Crippen LogP contribution in [-0.2, 0) is 4.79 Å². The molecule has 0 heterocycles. The lowest BCUT2D eigenvalue weighted by Gasteiger charge is -2.14. The Bertz CT molecular complexity index is 186. The topological polar surface area (TPSA) is 49.3 Å². The minimum atomic E-state index is -4.69. The lowest BCUT2D eigenvalue weighted by atomic mass is 10.3. The van der Waals surface area contributed by atoms with Gasteiger partial charge >= 0.3 is 6.18 Å². The SMILES string of the molecule is O=C(CCCCl)NCC(O)C(F)(F)F. The summed E-state index contributed by atoms with van der Waals surface area (Å²) in [5, 5.41) is 10.5. The fourth-order valence-electron chi connectivity index (χ4n) is 0.642. The van der Waals surface area contributed by atoms with Gasteiger partial charge < -0.3 is 10.4 Å². The number of carbonyl (C=O) groups is 1. The molecule has 0 spiro atoms. The molecule has 3 nitrogen and oxygen atoms in total. The molecule has 0 aliphatic rings. The van der Waals surface area contributed by atoms with Crippen molar-refractivity contribution in [1.29, 1.82) is 0 Å². The Morgan fingerprint density at radius 3 is 2.50 bits per heavy atom. The Morgan fingerprint density at radius 1 is 1.50 bits per heavy atom. The van der Waals surface area contributed by atoms with Crippen LogP contribution < -0.4 is 5.32 Å². The van der Waals surface area contributed by atoms with E-state index in [0.29, 0.717) is 6.42 Å². The normalized spacial score (nSPS) is 13.8. The average Bonchev–Trinajstić information content (AvgIpc) is 2.09. The van der Waals surface area contributed by atoms with Crippen LogP contribution in [0.5, 0.6) is 0 Å². The van der Waals surface area contributed by atoms with Crippen LogP contribution >= 0.6 is 11.6 Å². The average molecular weight is 234 g/mol. The molecule has 1 amide bonds. The third kappa shape index (κ3) is 6.04. The van der Waals surface area contributed by atoms with Crippen LogP contribution in [-0.4, -0.2) is 35.7 Å². The smallest absolute Gasteiger partial charge is 0.382 e. The number of nitrogens with one attached hydrogen (secondary N) is 1. The first-order valence-electron chi connectivity index (χ1n) is 3.95. The van der Waals surface area contributed by atoms with Crippen molar-refractivity contribution in [2.75, 3.05) is 12.4 Å². The fraction of sp³-hybridized carbons (Fsp3) is 0.857. The van der Waals surface area contributed by atoms with Gasteiger partial charge in [-0.3, -0.25) is 4.79 Å². The number of hydrogen-bond acceptors (Lipinski definition) is 2. The third-order valence-corrected chi connectivity index (χ3v) is 1.68. The highest BCUT2D eigenvalue weighted by Gasteiger charge is 2.38. The van der Waals surface area contributed by atoms with Gasteiger partial charge in [0.1, 0.15) is 0 Å². The molecule has 0 fully saturated rings. The Hall–Kier alpha value is -0.490. The lowest BCUT2D eigenvalue weighted by molar-refractivity contribution is -0.201. The molecule has 1 atom stereocenters. The second kappa shape index (κ2) is 6.08. The predicted octanol–water partition coefficient (Wildman–Crippen LogP) is 1.04. The fourth-order valence-corrected chi connectivity index (χ4v) is 0.776. The van der Waals surface area contributed by atoms with Crippen molar-refractivity contribution in [3.8, 4) is 0 Å². The van der Waals surface area contributed by atoms with E-state index in [1.165, 1.54) is 0 Å². The number of amides is 1. The maximum absolute atomic E-state index is 11.7. The molecule has 0 radical (unpaired) electrons. The predicted molar refractivity (Wildman–Crippen MR) is 45.0 cm³/mol.